The van der Waals surface area contributed by atoms with E-state index in [-0.39, 0.29) is 22.9 Å². The zero-order chi connectivity index (χ0) is 20.0. The van der Waals surface area contributed by atoms with Crippen molar-refractivity contribution < 1.29 is 22.7 Å². The molecule has 0 unspecified atom stereocenters. The summed E-state index contributed by atoms with van der Waals surface area (Å²) in [6.07, 6.45) is -0.399. The lowest BCUT2D eigenvalue weighted by molar-refractivity contribution is -0.145. The first-order chi connectivity index (χ1) is 12.7. The molecule has 27 heavy (non-hydrogen) atoms. The second-order valence-electron chi connectivity index (χ2n) is 6.43. The Labute approximate surface area is 160 Å². The van der Waals surface area contributed by atoms with Crippen LogP contribution in [0.3, 0.4) is 0 Å². The molecule has 0 saturated heterocycles. The van der Waals surface area contributed by atoms with Gasteiger partial charge in [0, 0.05) is 5.56 Å². The molecule has 144 valence electrons. The van der Waals surface area contributed by atoms with Crippen molar-refractivity contribution in [3.63, 3.8) is 0 Å². The zero-order valence-electron chi connectivity index (χ0n) is 15.8. The van der Waals surface area contributed by atoms with E-state index in [0.717, 1.165) is 17.5 Å². The van der Waals surface area contributed by atoms with Gasteiger partial charge < -0.3 is 4.74 Å². The highest BCUT2D eigenvalue weighted by atomic mass is 32.2. The maximum Gasteiger partial charge on any atom is 0.307 e. The lowest BCUT2D eigenvalue weighted by Gasteiger charge is -2.13. The predicted molar refractivity (Wildman–Crippen MR) is 104 cm³/mol. The van der Waals surface area contributed by atoms with Gasteiger partial charge in [0.2, 0.25) is 5.78 Å². The molecule has 0 aliphatic rings. The third-order valence-electron chi connectivity index (χ3n) is 4.28. The summed E-state index contributed by atoms with van der Waals surface area (Å²) in [5, 5.41) is 0. The second kappa shape index (κ2) is 8.95. The molecule has 0 N–H and O–H groups in total. The molecule has 5 nitrogen and oxygen atoms in total. The number of hydrogen-bond acceptors (Lipinski definition) is 5. The van der Waals surface area contributed by atoms with Crippen molar-refractivity contribution in [1.82, 2.24) is 0 Å². The van der Waals surface area contributed by atoms with Crippen molar-refractivity contribution in [2.45, 2.75) is 44.6 Å². The Balaban J connectivity index is 1.92. The van der Waals surface area contributed by atoms with Gasteiger partial charge in [-0.15, -0.1) is 0 Å². The van der Waals surface area contributed by atoms with Crippen LogP contribution in [0.1, 0.15) is 41.8 Å². The number of carbonyl (C=O) groups excluding carboxylic acids is 2. The van der Waals surface area contributed by atoms with Gasteiger partial charge in [0.15, 0.2) is 15.9 Å². The topological polar surface area (TPSA) is 77.5 Å². The number of carbonyl (C=O) groups is 2. The molecule has 2 rings (SSSR count). The molecule has 0 aliphatic heterocycles. The highest BCUT2D eigenvalue weighted by molar-refractivity contribution is 7.91. The third-order valence-corrected chi connectivity index (χ3v) is 6.01. The number of aryl methyl sites for hydroxylation is 2. The van der Waals surface area contributed by atoms with Crippen LogP contribution >= 0.6 is 0 Å². The molecular weight excluding hydrogens is 364 g/mol. The number of benzene rings is 2. The number of Topliss-reactive ketones (excluding diaryl/α,β-unsaturated/α-hetero) is 1. The maximum atomic E-state index is 12.3. The van der Waals surface area contributed by atoms with Crippen molar-refractivity contribution in [1.29, 1.82) is 0 Å². The van der Waals surface area contributed by atoms with Crippen molar-refractivity contribution in [3.8, 4) is 0 Å². The highest BCUT2D eigenvalue weighted by Gasteiger charge is 2.22. The van der Waals surface area contributed by atoms with Crippen LogP contribution in [0.2, 0.25) is 0 Å². The normalized spacial score (nSPS) is 12.4. The van der Waals surface area contributed by atoms with E-state index >= 15 is 0 Å². The Morgan fingerprint density at radius 2 is 1.59 bits per heavy atom. The van der Waals surface area contributed by atoms with E-state index in [1.54, 1.807) is 24.3 Å². The van der Waals surface area contributed by atoms with E-state index in [0.29, 0.717) is 5.56 Å². The van der Waals surface area contributed by atoms with E-state index in [1.165, 1.54) is 19.1 Å². The molecule has 2 aromatic carbocycles. The molecule has 0 saturated carbocycles. The van der Waals surface area contributed by atoms with E-state index in [4.69, 9.17) is 4.74 Å². The van der Waals surface area contributed by atoms with Gasteiger partial charge in [0.1, 0.15) is 0 Å². The van der Waals surface area contributed by atoms with Gasteiger partial charge in [-0.2, -0.15) is 0 Å². The lowest BCUT2D eigenvalue weighted by atomic mass is 10.0. The number of hydrogen-bond donors (Lipinski definition) is 0. The average Bonchev–Trinajstić information content (AvgIpc) is 2.66. The van der Waals surface area contributed by atoms with Crippen LogP contribution in [0.4, 0.5) is 0 Å². The Morgan fingerprint density at radius 3 is 2.15 bits per heavy atom. The highest BCUT2D eigenvalue weighted by Crippen LogP contribution is 2.14. The van der Waals surface area contributed by atoms with Crippen molar-refractivity contribution >= 4 is 21.6 Å². The molecule has 0 bridgehead atoms. The van der Waals surface area contributed by atoms with Crippen LogP contribution < -0.4 is 0 Å². The van der Waals surface area contributed by atoms with Gasteiger partial charge in [-0.05, 0) is 38.0 Å². The van der Waals surface area contributed by atoms with Gasteiger partial charge in [0.05, 0.1) is 17.1 Å². The minimum absolute atomic E-state index is 0.168. The summed E-state index contributed by atoms with van der Waals surface area (Å²) in [6.45, 7) is 5.37. The number of ether oxygens (including phenoxy) is 1. The Hall–Kier alpha value is -2.47. The van der Waals surface area contributed by atoms with Gasteiger partial charge in [0.25, 0.3) is 0 Å². The summed E-state index contributed by atoms with van der Waals surface area (Å²) in [6, 6.07) is 13.6. The largest absolute Gasteiger partial charge is 0.454 e. The zero-order valence-corrected chi connectivity index (χ0v) is 16.6. The van der Waals surface area contributed by atoms with Crippen molar-refractivity contribution in [2.75, 3.05) is 5.75 Å². The van der Waals surface area contributed by atoms with Crippen LogP contribution in [-0.4, -0.2) is 32.0 Å². The molecule has 0 amide bonds. The molecule has 6 heteroatoms. The summed E-state index contributed by atoms with van der Waals surface area (Å²) >= 11 is 0. The lowest BCUT2D eigenvalue weighted by Crippen LogP contribution is -2.25. The fourth-order valence-corrected chi connectivity index (χ4v) is 3.75. The summed E-state index contributed by atoms with van der Waals surface area (Å²) in [5.74, 6) is -1.38. The van der Waals surface area contributed by atoms with Crippen molar-refractivity contribution in [3.05, 3.63) is 65.2 Å². The molecule has 1 atom stereocenters. The first-order valence-corrected chi connectivity index (χ1v) is 10.5. The van der Waals surface area contributed by atoms with Crippen LogP contribution in [0.25, 0.3) is 0 Å². The predicted octanol–water partition coefficient (Wildman–Crippen LogP) is 3.54. The molecular formula is C21H24O5S. The number of esters is 1. The van der Waals surface area contributed by atoms with E-state index in [1.807, 2.05) is 26.0 Å². The summed E-state index contributed by atoms with van der Waals surface area (Å²) in [5.41, 5.74) is 2.52. The van der Waals surface area contributed by atoms with Gasteiger partial charge in [-0.1, -0.05) is 48.9 Å². The fourth-order valence-electron chi connectivity index (χ4n) is 2.53. The summed E-state index contributed by atoms with van der Waals surface area (Å²) in [4.78, 5) is 24.5. The maximum absolute atomic E-state index is 12.3. The molecule has 0 aromatic heterocycles. The summed E-state index contributed by atoms with van der Waals surface area (Å²) < 4.78 is 29.7. The molecule has 0 fully saturated rings. The SMILES string of the molecule is CCc1ccc(C(=O)[C@H](C)OC(=O)CCS(=O)(=O)c2ccc(C)cc2)cc1. The third kappa shape index (κ3) is 5.76. The standard InChI is InChI=1S/C21H24O5S/c1-4-17-7-9-18(10-8-17)21(23)16(3)26-20(22)13-14-27(24,25)19-11-5-15(2)6-12-19/h5-12,16H,4,13-14H2,1-3H3/t16-/m0/s1. The van der Waals surface area contributed by atoms with Gasteiger partial charge in [-0.25, -0.2) is 8.42 Å². The molecule has 0 spiro atoms. The summed E-state index contributed by atoms with van der Waals surface area (Å²) in [7, 11) is -3.57. The monoisotopic (exact) mass is 388 g/mol. The second-order valence-corrected chi connectivity index (χ2v) is 8.54. The Kier molecular flexibility index (Phi) is 6.91. The van der Waals surface area contributed by atoms with Crippen LogP contribution in [0.15, 0.2) is 53.4 Å². The molecule has 0 heterocycles. The van der Waals surface area contributed by atoms with E-state index < -0.39 is 21.9 Å². The number of rotatable bonds is 8. The minimum Gasteiger partial charge on any atom is -0.454 e. The van der Waals surface area contributed by atoms with Gasteiger partial charge in [-0.3, -0.25) is 9.59 Å². The van der Waals surface area contributed by atoms with E-state index in [9.17, 15) is 18.0 Å². The van der Waals surface area contributed by atoms with Crippen LogP contribution in [-0.2, 0) is 25.8 Å². The average molecular weight is 388 g/mol. The van der Waals surface area contributed by atoms with Gasteiger partial charge >= 0.3 is 5.97 Å². The number of sulfone groups is 1. The van der Waals surface area contributed by atoms with E-state index in [2.05, 4.69) is 0 Å². The minimum atomic E-state index is -3.57. The Bertz CT molecular complexity index is 897. The molecule has 2 aromatic rings. The first-order valence-electron chi connectivity index (χ1n) is 8.85. The number of ketones is 1. The fraction of sp³-hybridized carbons (Fsp3) is 0.333. The molecule has 0 aliphatic carbocycles. The molecule has 0 radical (unpaired) electrons. The quantitative estimate of drug-likeness (QED) is 0.511. The first kappa shape index (κ1) is 20.8. The Morgan fingerprint density at radius 1 is 1.00 bits per heavy atom. The van der Waals surface area contributed by atoms with Crippen molar-refractivity contribution in [2.24, 2.45) is 0 Å². The van der Waals surface area contributed by atoms with Crippen LogP contribution in [0.5, 0.6) is 0 Å². The smallest absolute Gasteiger partial charge is 0.307 e. The van der Waals surface area contributed by atoms with Crippen LogP contribution in [0, 0.1) is 6.92 Å².